The molecule has 1 atom stereocenters. The van der Waals surface area contributed by atoms with Gasteiger partial charge in [-0.3, -0.25) is 9.59 Å². The summed E-state index contributed by atoms with van der Waals surface area (Å²) in [5.41, 5.74) is 0.767. The Morgan fingerprint density at radius 3 is 2.64 bits per heavy atom. The Hall–Kier alpha value is -2.34. The van der Waals surface area contributed by atoms with E-state index in [4.69, 9.17) is 0 Å². The molecular formula is C19H21N3O2S. The van der Waals surface area contributed by atoms with Gasteiger partial charge in [-0.1, -0.05) is 48.2 Å². The number of fused-ring (bicyclic) bond motifs is 1. The van der Waals surface area contributed by atoms with Gasteiger partial charge < -0.3 is 10.2 Å². The molecule has 0 saturated heterocycles. The van der Waals surface area contributed by atoms with Crippen molar-refractivity contribution in [2.45, 2.75) is 25.5 Å². The van der Waals surface area contributed by atoms with E-state index < -0.39 is 5.25 Å². The van der Waals surface area contributed by atoms with Crippen LogP contribution in [0, 0.1) is 0 Å². The Balaban J connectivity index is 1.66. The van der Waals surface area contributed by atoms with E-state index in [0.717, 1.165) is 34.7 Å². The topological polar surface area (TPSA) is 61.8 Å². The van der Waals surface area contributed by atoms with Gasteiger partial charge >= 0.3 is 0 Å². The SMILES string of the molecule is CCN(CC)C1=NC(=O)[C@H](CC(=O)Nc2cccc3ccccc23)S1. The first-order chi connectivity index (χ1) is 12.1. The first-order valence-corrected chi connectivity index (χ1v) is 9.32. The van der Waals surface area contributed by atoms with Gasteiger partial charge in [-0.2, -0.15) is 4.99 Å². The molecule has 0 unspecified atom stereocenters. The van der Waals surface area contributed by atoms with Crippen LogP contribution < -0.4 is 5.32 Å². The summed E-state index contributed by atoms with van der Waals surface area (Å²) < 4.78 is 0. The van der Waals surface area contributed by atoms with Crippen molar-refractivity contribution in [2.75, 3.05) is 18.4 Å². The lowest BCUT2D eigenvalue weighted by atomic mass is 10.1. The molecule has 6 heteroatoms. The average Bonchev–Trinajstić information content (AvgIpc) is 2.96. The van der Waals surface area contributed by atoms with E-state index in [2.05, 4.69) is 10.3 Å². The number of benzene rings is 2. The summed E-state index contributed by atoms with van der Waals surface area (Å²) in [4.78, 5) is 30.7. The van der Waals surface area contributed by atoms with Gasteiger partial charge in [0.2, 0.25) is 5.91 Å². The quantitative estimate of drug-likeness (QED) is 0.891. The molecule has 5 nitrogen and oxygen atoms in total. The van der Waals surface area contributed by atoms with Crippen LogP contribution in [0.1, 0.15) is 20.3 Å². The second-order valence-electron chi connectivity index (χ2n) is 5.79. The molecule has 1 heterocycles. The summed E-state index contributed by atoms with van der Waals surface area (Å²) in [7, 11) is 0. The fourth-order valence-corrected chi connectivity index (χ4v) is 4.04. The van der Waals surface area contributed by atoms with Gasteiger partial charge in [-0.15, -0.1) is 0 Å². The van der Waals surface area contributed by atoms with Crippen molar-refractivity contribution in [1.82, 2.24) is 4.90 Å². The summed E-state index contributed by atoms with van der Waals surface area (Å²) >= 11 is 1.38. The second-order valence-corrected chi connectivity index (χ2v) is 6.96. The van der Waals surface area contributed by atoms with Crippen LogP contribution in [-0.4, -0.2) is 40.2 Å². The number of carbonyl (C=O) groups excluding carboxylic acids is 2. The van der Waals surface area contributed by atoms with Crippen molar-refractivity contribution >= 4 is 45.2 Å². The zero-order chi connectivity index (χ0) is 17.8. The van der Waals surface area contributed by atoms with Crippen molar-refractivity contribution < 1.29 is 9.59 Å². The van der Waals surface area contributed by atoms with Crippen LogP contribution in [0.15, 0.2) is 47.5 Å². The normalized spacial score (nSPS) is 16.8. The van der Waals surface area contributed by atoms with E-state index in [1.54, 1.807) is 0 Å². The highest BCUT2D eigenvalue weighted by Crippen LogP contribution is 2.28. The van der Waals surface area contributed by atoms with Gasteiger partial charge in [0.05, 0.1) is 0 Å². The molecule has 0 aliphatic carbocycles. The third kappa shape index (κ3) is 3.85. The lowest BCUT2D eigenvalue weighted by Gasteiger charge is -2.19. The summed E-state index contributed by atoms with van der Waals surface area (Å²) in [5, 5.41) is 5.27. The third-order valence-electron chi connectivity index (χ3n) is 4.20. The molecule has 2 aromatic rings. The Morgan fingerprint density at radius 1 is 1.16 bits per heavy atom. The largest absolute Gasteiger partial charge is 0.352 e. The van der Waals surface area contributed by atoms with Gasteiger partial charge in [0, 0.05) is 30.6 Å². The zero-order valence-electron chi connectivity index (χ0n) is 14.4. The predicted molar refractivity (Wildman–Crippen MR) is 104 cm³/mol. The van der Waals surface area contributed by atoms with E-state index in [-0.39, 0.29) is 18.2 Å². The molecule has 0 fully saturated rings. The molecule has 0 aromatic heterocycles. The Kier molecular flexibility index (Phi) is 5.38. The number of nitrogens with one attached hydrogen (secondary N) is 1. The number of aliphatic imine (C=N–C) groups is 1. The van der Waals surface area contributed by atoms with Gasteiger partial charge in [0.1, 0.15) is 5.25 Å². The minimum absolute atomic E-state index is 0.126. The van der Waals surface area contributed by atoms with Crippen LogP contribution in [-0.2, 0) is 9.59 Å². The van der Waals surface area contributed by atoms with E-state index in [1.165, 1.54) is 11.8 Å². The van der Waals surface area contributed by atoms with Crippen molar-refractivity contribution in [3.63, 3.8) is 0 Å². The summed E-state index contributed by atoms with van der Waals surface area (Å²) in [5.74, 6) is -0.391. The molecule has 2 amide bonds. The lowest BCUT2D eigenvalue weighted by molar-refractivity contribution is -0.121. The smallest absolute Gasteiger partial charge is 0.262 e. The van der Waals surface area contributed by atoms with Crippen LogP contribution in [0.5, 0.6) is 0 Å². The fraction of sp³-hybridized carbons (Fsp3) is 0.316. The molecule has 2 aromatic carbocycles. The highest BCUT2D eigenvalue weighted by Gasteiger charge is 2.32. The van der Waals surface area contributed by atoms with E-state index in [9.17, 15) is 9.59 Å². The van der Waals surface area contributed by atoms with Gasteiger partial charge in [0.15, 0.2) is 5.17 Å². The van der Waals surface area contributed by atoms with Crippen LogP contribution in [0.3, 0.4) is 0 Å². The molecular weight excluding hydrogens is 334 g/mol. The second kappa shape index (κ2) is 7.70. The zero-order valence-corrected chi connectivity index (χ0v) is 15.2. The molecule has 0 bridgehead atoms. The third-order valence-corrected chi connectivity index (χ3v) is 5.41. The number of anilines is 1. The van der Waals surface area contributed by atoms with E-state index >= 15 is 0 Å². The monoisotopic (exact) mass is 355 g/mol. The number of hydrogen-bond acceptors (Lipinski definition) is 4. The molecule has 0 saturated carbocycles. The predicted octanol–water partition coefficient (Wildman–Crippen LogP) is 3.51. The number of carbonyl (C=O) groups is 2. The highest BCUT2D eigenvalue weighted by molar-refractivity contribution is 8.15. The average molecular weight is 355 g/mol. The number of amidine groups is 1. The standard InChI is InChI=1S/C19H21N3O2S/c1-3-22(4-2)19-21-18(24)16(25-19)12-17(23)20-15-11-7-9-13-8-5-6-10-14(13)15/h5-11,16H,3-4,12H2,1-2H3,(H,20,23)/t16-/m0/s1. The van der Waals surface area contributed by atoms with Crippen LogP contribution >= 0.6 is 11.8 Å². The molecule has 3 rings (SSSR count). The minimum atomic E-state index is -0.439. The summed E-state index contributed by atoms with van der Waals surface area (Å²) in [6.07, 6.45) is 0.126. The Bertz CT molecular complexity index is 825. The number of amides is 2. The van der Waals surface area contributed by atoms with Crippen molar-refractivity contribution in [3.8, 4) is 0 Å². The fourth-order valence-electron chi connectivity index (χ4n) is 2.84. The first-order valence-electron chi connectivity index (χ1n) is 8.44. The van der Waals surface area contributed by atoms with Gasteiger partial charge in [-0.05, 0) is 25.3 Å². The molecule has 0 radical (unpaired) electrons. The number of thioether (sulfide) groups is 1. The molecule has 1 aliphatic heterocycles. The number of rotatable bonds is 5. The molecule has 1 aliphatic rings. The highest BCUT2D eigenvalue weighted by atomic mass is 32.2. The maximum Gasteiger partial charge on any atom is 0.262 e. The summed E-state index contributed by atoms with van der Waals surface area (Å²) in [6.45, 7) is 5.64. The van der Waals surface area contributed by atoms with E-state index in [0.29, 0.717) is 0 Å². The van der Waals surface area contributed by atoms with Crippen molar-refractivity contribution in [3.05, 3.63) is 42.5 Å². The van der Waals surface area contributed by atoms with E-state index in [1.807, 2.05) is 61.2 Å². The molecule has 25 heavy (non-hydrogen) atoms. The number of nitrogens with zero attached hydrogens (tertiary/aromatic N) is 2. The minimum Gasteiger partial charge on any atom is -0.352 e. The summed E-state index contributed by atoms with van der Waals surface area (Å²) in [6, 6.07) is 13.7. The Labute approximate surface area is 151 Å². The Morgan fingerprint density at radius 2 is 1.88 bits per heavy atom. The molecule has 0 spiro atoms. The van der Waals surface area contributed by atoms with Gasteiger partial charge in [0.25, 0.3) is 5.91 Å². The first kappa shape index (κ1) is 17.5. The van der Waals surface area contributed by atoms with Gasteiger partial charge in [-0.25, -0.2) is 0 Å². The molecule has 1 N–H and O–H groups in total. The van der Waals surface area contributed by atoms with Crippen molar-refractivity contribution in [1.29, 1.82) is 0 Å². The maximum atomic E-state index is 12.4. The van der Waals surface area contributed by atoms with Crippen LogP contribution in [0.2, 0.25) is 0 Å². The maximum absolute atomic E-state index is 12.4. The number of hydrogen-bond donors (Lipinski definition) is 1. The lowest BCUT2D eigenvalue weighted by Crippen LogP contribution is -2.27. The molecule has 130 valence electrons. The van der Waals surface area contributed by atoms with Crippen molar-refractivity contribution in [2.24, 2.45) is 4.99 Å². The van der Waals surface area contributed by atoms with Crippen LogP contribution in [0.25, 0.3) is 10.8 Å². The van der Waals surface area contributed by atoms with Crippen LogP contribution in [0.4, 0.5) is 5.69 Å².